The van der Waals surface area contributed by atoms with Gasteiger partial charge in [0, 0.05) is 51.7 Å². The zero-order valence-corrected chi connectivity index (χ0v) is 33.3. The highest BCUT2D eigenvalue weighted by molar-refractivity contribution is 5.66. The van der Waals surface area contributed by atoms with Crippen LogP contribution in [0.1, 0.15) is 83.1 Å². The second kappa shape index (κ2) is 18.3. The van der Waals surface area contributed by atoms with Gasteiger partial charge < -0.3 is 52.1 Å². The van der Waals surface area contributed by atoms with Crippen molar-refractivity contribution in [1.29, 1.82) is 0 Å². The Kier molecular flexibility index (Phi) is 15.2. The minimum Gasteiger partial charge on any atom is -0.463 e. The molecule has 0 spiro atoms. The minimum absolute atomic E-state index is 0.00412. The van der Waals surface area contributed by atoms with E-state index in [1.165, 1.54) is 13.8 Å². The molecule has 4 fully saturated rings. The molecule has 0 amide bonds. The van der Waals surface area contributed by atoms with Crippen LogP contribution in [0.25, 0.3) is 0 Å². The molecule has 4 aliphatic rings. The average molecular weight is 731 g/mol. The molecule has 4 heterocycles. The summed E-state index contributed by atoms with van der Waals surface area (Å²) in [5, 5.41) is 0. The molecule has 13 nitrogen and oxygen atoms in total. The molecule has 4 rings (SSSR count). The molecule has 0 N–H and O–H groups in total. The standard InChI is InChI=1S/C38H66O13/c1-17-18(2)25(9)45-36(21(17)5)49-32-20(4)23(7)37(48-30(32)16-44-28(12)40)51-34-26(10)46-38(24(8)33(34)41-13)50-31-19(3)22(6)35(42-14)47-29(31)15-43-27(11)39/h17-26,29-38H,15-16H2,1-14H3/t17-,18-,19+,20?,21?,22?,23?,24?,25?,26-,29?,30-,31-,32-,33?,34+,35-,36-,37+,38-/m0/s1. The van der Waals surface area contributed by atoms with Gasteiger partial charge in [-0.3, -0.25) is 9.59 Å². The van der Waals surface area contributed by atoms with E-state index in [1.807, 2.05) is 20.8 Å². The average Bonchev–Trinajstić information content (AvgIpc) is 3.08. The predicted molar refractivity (Wildman–Crippen MR) is 185 cm³/mol. The lowest BCUT2D eigenvalue weighted by atomic mass is 9.79. The summed E-state index contributed by atoms with van der Waals surface area (Å²) in [5.74, 6) is -0.166. The van der Waals surface area contributed by atoms with Crippen molar-refractivity contribution < 1.29 is 61.7 Å². The number of ether oxygens (including phenoxy) is 11. The minimum atomic E-state index is -0.659. The second-order valence-corrected chi connectivity index (χ2v) is 15.7. The summed E-state index contributed by atoms with van der Waals surface area (Å²) in [6.07, 6.45) is -5.47. The monoisotopic (exact) mass is 730 g/mol. The van der Waals surface area contributed by atoms with Gasteiger partial charge in [-0.05, 0) is 37.5 Å². The van der Waals surface area contributed by atoms with Crippen LogP contribution in [0.4, 0.5) is 0 Å². The van der Waals surface area contributed by atoms with Crippen molar-refractivity contribution in [3.8, 4) is 0 Å². The van der Waals surface area contributed by atoms with Crippen LogP contribution in [0.2, 0.25) is 0 Å². The Morgan fingerprint density at radius 3 is 1.33 bits per heavy atom. The van der Waals surface area contributed by atoms with Crippen LogP contribution < -0.4 is 0 Å². The topological polar surface area (TPSA) is 136 Å². The third-order valence-electron chi connectivity index (χ3n) is 12.4. The molecule has 20 atom stereocenters. The van der Waals surface area contributed by atoms with Gasteiger partial charge in [0.25, 0.3) is 0 Å². The van der Waals surface area contributed by atoms with Gasteiger partial charge in [0.2, 0.25) is 0 Å². The van der Waals surface area contributed by atoms with Crippen LogP contribution in [-0.4, -0.2) is 113 Å². The zero-order valence-electron chi connectivity index (χ0n) is 33.3. The van der Waals surface area contributed by atoms with Crippen LogP contribution in [0.5, 0.6) is 0 Å². The van der Waals surface area contributed by atoms with Crippen LogP contribution in [0.3, 0.4) is 0 Å². The lowest BCUT2D eigenvalue weighted by molar-refractivity contribution is -0.365. The molecular weight excluding hydrogens is 664 g/mol. The zero-order chi connectivity index (χ0) is 37.9. The number of hydrogen-bond acceptors (Lipinski definition) is 13. The summed E-state index contributed by atoms with van der Waals surface area (Å²) in [4.78, 5) is 23.6. The molecule has 0 aromatic rings. The molecule has 0 aromatic carbocycles. The molecule has 8 unspecified atom stereocenters. The van der Waals surface area contributed by atoms with Crippen molar-refractivity contribution >= 4 is 11.9 Å². The normalized spacial score (nSPS) is 47.8. The smallest absolute Gasteiger partial charge is 0.302 e. The van der Waals surface area contributed by atoms with Gasteiger partial charge in [0.05, 0.1) is 30.5 Å². The lowest BCUT2D eigenvalue weighted by Gasteiger charge is -2.51. The summed E-state index contributed by atoms with van der Waals surface area (Å²) < 4.78 is 68.5. The summed E-state index contributed by atoms with van der Waals surface area (Å²) >= 11 is 0. The highest BCUT2D eigenvalue weighted by Gasteiger charge is 2.52. The van der Waals surface area contributed by atoms with E-state index in [-0.39, 0.29) is 54.8 Å². The van der Waals surface area contributed by atoms with E-state index in [9.17, 15) is 9.59 Å². The molecule has 296 valence electrons. The van der Waals surface area contributed by atoms with Gasteiger partial charge in [-0.25, -0.2) is 0 Å². The van der Waals surface area contributed by atoms with E-state index < -0.39 is 79.8 Å². The summed E-state index contributed by atoms with van der Waals surface area (Å²) in [5.41, 5.74) is 0. The predicted octanol–water partition coefficient (Wildman–Crippen LogP) is 4.96. The van der Waals surface area contributed by atoms with Crippen molar-refractivity contribution in [3.05, 3.63) is 0 Å². The first-order valence-electron chi connectivity index (χ1n) is 18.9. The Morgan fingerprint density at radius 2 is 0.843 bits per heavy atom. The SMILES string of the molecule is COC1C(C)[C@H](O[C@@H]2C(COC(C)=O)O[C@H](OC)C(C)[C@H]2C)O[C@@H](C)[C@H]1O[C@H]1O[C@@H](COC(C)=O)[C@@H](O[C@@H]2OC(C)[C@@H](C)[C@H](C)C2C)C(C)C1C. The van der Waals surface area contributed by atoms with E-state index in [0.29, 0.717) is 11.8 Å². The Bertz CT molecular complexity index is 1120. The molecule has 0 radical (unpaired) electrons. The number of carbonyl (C=O) groups is 2. The first kappa shape index (κ1) is 42.3. The maximum atomic E-state index is 11.9. The van der Waals surface area contributed by atoms with E-state index in [0.717, 1.165) is 0 Å². The summed E-state index contributed by atoms with van der Waals surface area (Å²) in [7, 11) is 3.26. The fourth-order valence-corrected chi connectivity index (χ4v) is 8.10. The van der Waals surface area contributed by atoms with Crippen LogP contribution in [0.15, 0.2) is 0 Å². The third-order valence-corrected chi connectivity index (χ3v) is 12.4. The second-order valence-electron chi connectivity index (χ2n) is 15.7. The van der Waals surface area contributed by atoms with Gasteiger partial charge >= 0.3 is 11.9 Å². The van der Waals surface area contributed by atoms with E-state index >= 15 is 0 Å². The van der Waals surface area contributed by atoms with Crippen molar-refractivity contribution in [3.63, 3.8) is 0 Å². The van der Waals surface area contributed by atoms with Crippen molar-refractivity contribution in [2.45, 2.75) is 157 Å². The van der Waals surface area contributed by atoms with Crippen molar-refractivity contribution in [2.75, 3.05) is 27.4 Å². The van der Waals surface area contributed by atoms with Gasteiger partial charge in [0.1, 0.15) is 31.5 Å². The van der Waals surface area contributed by atoms with E-state index in [1.54, 1.807) is 14.2 Å². The van der Waals surface area contributed by atoms with Crippen molar-refractivity contribution in [2.24, 2.45) is 47.3 Å². The third kappa shape index (κ3) is 9.64. The highest BCUT2D eigenvalue weighted by Crippen LogP contribution is 2.42. The molecule has 0 bridgehead atoms. The fourth-order valence-electron chi connectivity index (χ4n) is 8.10. The number of rotatable bonds is 12. The van der Waals surface area contributed by atoms with Gasteiger partial charge in [-0.15, -0.1) is 0 Å². The van der Waals surface area contributed by atoms with E-state index in [2.05, 4.69) is 48.5 Å². The molecule has 4 saturated heterocycles. The number of methoxy groups -OCH3 is 2. The summed E-state index contributed by atoms with van der Waals surface area (Å²) in [6, 6.07) is 0. The highest BCUT2D eigenvalue weighted by atomic mass is 16.8. The van der Waals surface area contributed by atoms with E-state index in [4.69, 9.17) is 52.1 Å². The van der Waals surface area contributed by atoms with Gasteiger partial charge in [0.15, 0.2) is 25.2 Å². The molecule has 13 heteroatoms. The van der Waals surface area contributed by atoms with Gasteiger partial charge in [-0.2, -0.15) is 0 Å². The van der Waals surface area contributed by atoms with Crippen molar-refractivity contribution in [1.82, 2.24) is 0 Å². The maximum absolute atomic E-state index is 11.9. The Morgan fingerprint density at radius 1 is 0.431 bits per heavy atom. The number of carbonyl (C=O) groups excluding carboxylic acids is 2. The maximum Gasteiger partial charge on any atom is 0.302 e. The first-order chi connectivity index (χ1) is 24.0. The van der Waals surface area contributed by atoms with Crippen LogP contribution in [-0.2, 0) is 61.7 Å². The Hall–Kier alpha value is -1.42. The number of esters is 2. The molecule has 4 aliphatic heterocycles. The van der Waals surface area contributed by atoms with Gasteiger partial charge in [-0.1, -0.05) is 55.4 Å². The Balaban J connectivity index is 1.49. The van der Waals surface area contributed by atoms with Crippen LogP contribution >= 0.6 is 0 Å². The lowest BCUT2D eigenvalue weighted by Crippen LogP contribution is -2.61. The molecule has 0 saturated carbocycles. The van der Waals surface area contributed by atoms with Crippen LogP contribution in [0, 0.1) is 47.3 Å². The molecular formula is C38H66O13. The number of hydrogen-bond donors (Lipinski definition) is 0. The molecule has 51 heavy (non-hydrogen) atoms. The quantitative estimate of drug-likeness (QED) is 0.251. The molecule has 0 aliphatic carbocycles. The molecule has 0 aromatic heterocycles. The Labute approximate surface area is 305 Å². The fraction of sp³-hybridized carbons (Fsp3) is 0.947. The first-order valence-corrected chi connectivity index (χ1v) is 18.9. The summed E-state index contributed by atoms with van der Waals surface area (Å²) in [6.45, 7) is 23.8. The largest absolute Gasteiger partial charge is 0.463 e.